The molecule has 0 saturated heterocycles. The van der Waals surface area contributed by atoms with Crippen LogP contribution in [0.3, 0.4) is 0 Å². The van der Waals surface area contributed by atoms with E-state index in [1.54, 1.807) is 18.0 Å². The highest BCUT2D eigenvalue weighted by molar-refractivity contribution is 7.98. The number of halogens is 1. The minimum atomic E-state index is -0.0223. The summed E-state index contributed by atoms with van der Waals surface area (Å²) in [5.74, 6) is 0.745. The number of aliphatic hydroxyl groups is 1. The van der Waals surface area contributed by atoms with Gasteiger partial charge in [0.15, 0.2) is 5.16 Å². The Balaban J connectivity index is 1.79. The van der Waals surface area contributed by atoms with Crippen molar-refractivity contribution in [2.45, 2.75) is 31.0 Å². The van der Waals surface area contributed by atoms with Crippen LogP contribution in [-0.2, 0) is 18.9 Å². The van der Waals surface area contributed by atoms with Crippen LogP contribution in [0, 0.1) is 6.92 Å². The summed E-state index contributed by atoms with van der Waals surface area (Å²) in [6.07, 6.45) is 1.74. The van der Waals surface area contributed by atoms with Crippen LogP contribution in [0.2, 0.25) is 5.02 Å². The minimum Gasteiger partial charge on any atom is -0.390 e. The lowest BCUT2D eigenvalue weighted by Crippen LogP contribution is -2.06. The first-order valence-corrected chi connectivity index (χ1v) is 9.10. The normalized spacial score (nSPS) is 11.0. The molecule has 3 rings (SSSR count). The number of benzene rings is 2. The number of imidazole rings is 1. The molecule has 5 heteroatoms. The van der Waals surface area contributed by atoms with Crippen molar-refractivity contribution < 1.29 is 5.11 Å². The molecule has 0 amide bonds. The number of hydrogen-bond donors (Lipinski definition) is 1. The zero-order chi connectivity index (χ0) is 16.9. The van der Waals surface area contributed by atoms with Crippen molar-refractivity contribution in [2.24, 2.45) is 0 Å². The molecule has 0 spiro atoms. The highest BCUT2D eigenvalue weighted by Gasteiger charge is 2.11. The molecule has 0 fully saturated rings. The quantitative estimate of drug-likeness (QED) is 0.650. The Hall–Kier alpha value is -1.75. The van der Waals surface area contributed by atoms with E-state index in [1.807, 2.05) is 24.3 Å². The summed E-state index contributed by atoms with van der Waals surface area (Å²) in [5.41, 5.74) is 4.32. The van der Waals surface area contributed by atoms with Crippen LogP contribution in [0.5, 0.6) is 0 Å². The standard InChI is InChI=1S/C19H19ClN2OS/c1-14-6-8-15(9-7-14)11-22-17(12-23)10-21-19(22)24-13-16-4-2-3-5-18(16)20/h2-10,23H,11-13H2,1H3. The van der Waals surface area contributed by atoms with E-state index in [-0.39, 0.29) is 6.61 Å². The summed E-state index contributed by atoms with van der Waals surface area (Å²) in [7, 11) is 0. The average molecular weight is 359 g/mol. The van der Waals surface area contributed by atoms with Gasteiger partial charge in [-0.25, -0.2) is 4.98 Å². The third-order valence-electron chi connectivity index (χ3n) is 3.84. The van der Waals surface area contributed by atoms with Crippen LogP contribution < -0.4 is 0 Å². The van der Waals surface area contributed by atoms with Crippen LogP contribution in [0.25, 0.3) is 0 Å². The van der Waals surface area contributed by atoms with Crippen molar-refractivity contribution in [2.75, 3.05) is 0 Å². The summed E-state index contributed by atoms with van der Waals surface area (Å²) >= 11 is 7.86. The first-order valence-electron chi connectivity index (χ1n) is 7.74. The van der Waals surface area contributed by atoms with Gasteiger partial charge in [-0.05, 0) is 24.1 Å². The molecule has 1 N–H and O–H groups in total. The number of aromatic nitrogens is 2. The number of rotatable bonds is 6. The lowest BCUT2D eigenvalue weighted by Gasteiger charge is -2.11. The molecule has 24 heavy (non-hydrogen) atoms. The molecule has 1 heterocycles. The molecular formula is C19H19ClN2OS. The fourth-order valence-electron chi connectivity index (χ4n) is 2.44. The fourth-order valence-corrected chi connectivity index (χ4v) is 3.72. The number of aryl methyl sites for hydroxylation is 1. The Morgan fingerprint density at radius 3 is 2.58 bits per heavy atom. The molecule has 0 aliphatic heterocycles. The van der Waals surface area contributed by atoms with Crippen molar-refractivity contribution in [3.63, 3.8) is 0 Å². The van der Waals surface area contributed by atoms with Gasteiger partial charge in [-0.2, -0.15) is 0 Å². The predicted molar refractivity (Wildman–Crippen MR) is 99.4 cm³/mol. The Bertz CT molecular complexity index is 814. The van der Waals surface area contributed by atoms with Crippen molar-refractivity contribution in [1.82, 2.24) is 9.55 Å². The third kappa shape index (κ3) is 4.01. The van der Waals surface area contributed by atoms with E-state index in [1.165, 1.54) is 11.1 Å². The Labute approximate surface area is 151 Å². The van der Waals surface area contributed by atoms with Gasteiger partial charge in [-0.15, -0.1) is 0 Å². The maximum absolute atomic E-state index is 9.59. The Morgan fingerprint density at radius 1 is 1.12 bits per heavy atom. The van der Waals surface area contributed by atoms with Crippen molar-refractivity contribution in [1.29, 1.82) is 0 Å². The molecule has 2 aromatic carbocycles. The Kier molecular flexibility index (Phi) is 5.61. The first kappa shape index (κ1) is 17.1. The predicted octanol–water partition coefficient (Wildman–Crippen LogP) is 4.68. The van der Waals surface area contributed by atoms with E-state index in [4.69, 9.17) is 11.6 Å². The van der Waals surface area contributed by atoms with E-state index in [2.05, 4.69) is 40.7 Å². The molecule has 0 saturated carbocycles. The van der Waals surface area contributed by atoms with E-state index in [0.717, 1.165) is 27.2 Å². The van der Waals surface area contributed by atoms with Crippen LogP contribution in [0.1, 0.15) is 22.4 Å². The number of hydrogen-bond acceptors (Lipinski definition) is 3. The van der Waals surface area contributed by atoms with Crippen LogP contribution in [0.15, 0.2) is 59.9 Å². The fraction of sp³-hybridized carbons (Fsp3) is 0.211. The zero-order valence-corrected chi connectivity index (χ0v) is 15.0. The van der Waals surface area contributed by atoms with Gasteiger partial charge < -0.3 is 9.67 Å². The zero-order valence-electron chi connectivity index (χ0n) is 13.4. The summed E-state index contributed by atoms with van der Waals surface area (Å²) in [4.78, 5) is 4.47. The van der Waals surface area contributed by atoms with Crippen molar-refractivity contribution in [3.8, 4) is 0 Å². The molecule has 0 aliphatic carbocycles. The van der Waals surface area contributed by atoms with Crippen LogP contribution in [0.4, 0.5) is 0 Å². The lowest BCUT2D eigenvalue weighted by atomic mass is 10.1. The number of aliphatic hydroxyl groups excluding tert-OH is 1. The molecule has 0 atom stereocenters. The summed E-state index contributed by atoms with van der Waals surface area (Å²) in [5, 5.41) is 11.2. The van der Waals surface area contributed by atoms with E-state index in [9.17, 15) is 5.11 Å². The van der Waals surface area contributed by atoms with Gasteiger partial charge in [-0.3, -0.25) is 0 Å². The molecule has 124 valence electrons. The third-order valence-corrected chi connectivity index (χ3v) is 5.25. The molecule has 3 nitrogen and oxygen atoms in total. The molecule has 0 radical (unpaired) electrons. The Morgan fingerprint density at radius 2 is 1.88 bits per heavy atom. The maximum atomic E-state index is 9.59. The topological polar surface area (TPSA) is 38.0 Å². The molecule has 1 aromatic heterocycles. The smallest absolute Gasteiger partial charge is 0.168 e. The van der Waals surface area contributed by atoms with E-state index >= 15 is 0 Å². The van der Waals surface area contributed by atoms with Gasteiger partial charge in [0.25, 0.3) is 0 Å². The van der Waals surface area contributed by atoms with Gasteiger partial charge in [0, 0.05) is 17.3 Å². The average Bonchev–Trinajstić information content (AvgIpc) is 2.98. The molecular weight excluding hydrogens is 340 g/mol. The number of nitrogens with zero attached hydrogens (tertiary/aromatic N) is 2. The molecule has 3 aromatic rings. The molecule has 0 aliphatic rings. The maximum Gasteiger partial charge on any atom is 0.168 e. The van der Waals surface area contributed by atoms with E-state index in [0.29, 0.717) is 6.54 Å². The largest absolute Gasteiger partial charge is 0.390 e. The minimum absolute atomic E-state index is 0.0223. The van der Waals surface area contributed by atoms with Crippen molar-refractivity contribution >= 4 is 23.4 Å². The lowest BCUT2D eigenvalue weighted by molar-refractivity contribution is 0.270. The van der Waals surface area contributed by atoms with Crippen molar-refractivity contribution in [3.05, 3.63) is 82.1 Å². The second-order valence-electron chi connectivity index (χ2n) is 5.64. The van der Waals surface area contributed by atoms with E-state index < -0.39 is 0 Å². The monoisotopic (exact) mass is 358 g/mol. The van der Waals surface area contributed by atoms with Gasteiger partial charge in [0.2, 0.25) is 0 Å². The number of thioether (sulfide) groups is 1. The first-order chi connectivity index (χ1) is 11.7. The van der Waals surface area contributed by atoms with Gasteiger partial charge in [0.05, 0.1) is 18.5 Å². The SMILES string of the molecule is Cc1ccc(Cn2c(CO)cnc2SCc2ccccc2Cl)cc1. The second-order valence-corrected chi connectivity index (χ2v) is 6.99. The highest BCUT2D eigenvalue weighted by atomic mass is 35.5. The molecule has 0 unspecified atom stereocenters. The van der Waals surface area contributed by atoms with Crippen LogP contribution >= 0.6 is 23.4 Å². The highest BCUT2D eigenvalue weighted by Crippen LogP contribution is 2.27. The van der Waals surface area contributed by atoms with Crippen LogP contribution in [-0.4, -0.2) is 14.7 Å². The summed E-state index contributed by atoms with van der Waals surface area (Å²) in [6.45, 7) is 2.75. The summed E-state index contributed by atoms with van der Waals surface area (Å²) in [6, 6.07) is 16.3. The molecule has 0 bridgehead atoms. The van der Waals surface area contributed by atoms with Gasteiger partial charge in [0.1, 0.15) is 0 Å². The van der Waals surface area contributed by atoms with Gasteiger partial charge in [-0.1, -0.05) is 71.4 Å². The second kappa shape index (κ2) is 7.88. The summed E-state index contributed by atoms with van der Waals surface area (Å²) < 4.78 is 2.06. The van der Waals surface area contributed by atoms with Gasteiger partial charge >= 0.3 is 0 Å².